The Morgan fingerprint density at radius 1 is 1.46 bits per heavy atom. The third-order valence-electron chi connectivity index (χ3n) is 1.89. The Bertz CT molecular complexity index is 213. The van der Waals surface area contributed by atoms with Crippen molar-refractivity contribution >= 4 is 5.90 Å². The van der Waals surface area contributed by atoms with Gasteiger partial charge in [-0.2, -0.15) is 0 Å². The van der Waals surface area contributed by atoms with Crippen LogP contribution in [-0.4, -0.2) is 37.7 Å². The summed E-state index contributed by atoms with van der Waals surface area (Å²) in [7, 11) is 6.09. The van der Waals surface area contributed by atoms with Crippen LogP contribution in [0.25, 0.3) is 0 Å². The summed E-state index contributed by atoms with van der Waals surface area (Å²) in [5.41, 5.74) is 0.506. The number of nitrogens with zero attached hydrogens (tertiary/aromatic N) is 2. The molecule has 0 aliphatic carbocycles. The van der Waals surface area contributed by atoms with Crippen LogP contribution in [0.3, 0.4) is 0 Å². The largest absolute Gasteiger partial charge is 0.859 e. The summed E-state index contributed by atoms with van der Waals surface area (Å²) >= 11 is 0. The lowest BCUT2D eigenvalue weighted by Crippen LogP contribution is -2.44. The maximum Gasteiger partial charge on any atom is 0.180 e. The number of quaternary nitrogens is 1. The topological polar surface area (TPSA) is 35.4 Å². The minimum atomic E-state index is -0.181. The van der Waals surface area contributed by atoms with Crippen LogP contribution in [0.2, 0.25) is 0 Å². The fraction of sp³-hybridized carbons (Fsp3) is 0.700. The first-order valence-corrected chi connectivity index (χ1v) is 4.50. The van der Waals surface area contributed by atoms with E-state index < -0.39 is 0 Å². The summed E-state index contributed by atoms with van der Waals surface area (Å²) in [6.45, 7) is 7.29. The molecule has 0 amide bonds. The van der Waals surface area contributed by atoms with E-state index in [1.54, 1.807) is 6.92 Å². The van der Waals surface area contributed by atoms with Gasteiger partial charge in [-0.3, -0.25) is 0 Å². The monoisotopic (exact) mass is 184 g/mol. The first-order valence-electron chi connectivity index (χ1n) is 4.50. The van der Waals surface area contributed by atoms with Gasteiger partial charge < -0.3 is 9.59 Å². The highest BCUT2D eigenvalue weighted by molar-refractivity contribution is 5.88. The minimum absolute atomic E-state index is 0.0317. The summed E-state index contributed by atoms with van der Waals surface area (Å²) in [5.74, 6) is -0.181. The first-order chi connectivity index (χ1) is 5.79. The van der Waals surface area contributed by atoms with Crippen LogP contribution in [0.5, 0.6) is 0 Å². The third kappa shape index (κ3) is 4.08. The molecule has 3 heteroatoms. The molecule has 0 aromatic carbocycles. The van der Waals surface area contributed by atoms with E-state index in [1.807, 2.05) is 28.1 Å². The molecule has 0 heterocycles. The summed E-state index contributed by atoms with van der Waals surface area (Å²) in [6, 6.07) is 0. The number of hydrogen-bond donors (Lipinski definition) is 0. The normalized spacial score (nSPS) is 15.6. The van der Waals surface area contributed by atoms with Crippen molar-refractivity contribution in [3.05, 3.63) is 12.2 Å². The fourth-order valence-corrected chi connectivity index (χ4v) is 1.06. The van der Waals surface area contributed by atoms with Crippen molar-refractivity contribution in [1.82, 2.24) is 0 Å². The molecule has 0 radical (unpaired) electrons. The van der Waals surface area contributed by atoms with Crippen LogP contribution in [0.15, 0.2) is 17.1 Å². The summed E-state index contributed by atoms with van der Waals surface area (Å²) in [5, 5.41) is 11.3. The molecule has 3 nitrogen and oxygen atoms in total. The fourth-order valence-electron chi connectivity index (χ4n) is 1.06. The van der Waals surface area contributed by atoms with Gasteiger partial charge in [0.2, 0.25) is 0 Å². The van der Waals surface area contributed by atoms with Crippen LogP contribution in [0.4, 0.5) is 0 Å². The SMILES string of the molecule is C=C(C)C([O-])=NC(CC)[N+](C)(C)C. The van der Waals surface area contributed by atoms with E-state index >= 15 is 0 Å². The van der Waals surface area contributed by atoms with Gasteiger partial charge in [0.1, 0.15) is 0 Å². The van der Waals surface area contributed by atoms with Crippen molar-refractivity contribution in [1.29, 1.82) is 0 Å². The van der Waals surface area contributed by atoms with Gasteiger partial charge in [-0.25, -0.2) is 4.99 Å². The van der Waals surface area contributed by atoms with Crippen molar-refractivity contribution in [2.45, 2.75) is 26.4 Å². The molecule has 0 rings (SSSR count). The number of hydrogen-bond acceptors (Lipinski definition) is 2. The summed E-state index contributed by atoms with van der Waals surface area (Å²) in [6.07, 6.45) is 0.895. The van der Waals surface area contributed by atoms with E-state index in [0.717, 1.165) is 6.42 Å². The average molecular weight is 184 g/mol. The van der Waals surface area contributed by atoms with Gasteiger partial charge in [0.15, 0.2) is 6.17 Å². The molecule has 0 fully saturated rings. The van der Waals surface area contributed by atoms with Gasteiger partial charge in [-0.05, 0) is 18.4 Å². The second kappa shape index (κ2) is 4.42. The van der Waals surface area contributed by atoms with E-state index in [-0.39, 0.29) is 12.1 Å². The molecule has 0 aliphatic rings. The average Bonchev–Trinajstić information content (AvgIpc) is 1.96. The Hall–Kier alpha value is -0.830. The molecule has 0 N–H and O–H groups in total. The molecule has 1 unspecified atom stereocenters. The highest BCUT2D eigenvalue weighted by atomic mass is 16.3. The van der Waals surface area contributed by atoms with E-state index in [9.17, 15) is 5.11 Å². The molecule has 1 atom stereocenters. The predicted molar refractivity (Wildman–Crippen MR) is 54.4 cm³/mol. The van der Waals surface area contributed by atoms with Crippen molar-refractivity contribution in [3.63, 3.8) is 0 Å². The predicted octanol–water partition coefficient (Wildman–Crippen LogP) is 0.764. The van der Waals surface area contributed by atoms with Crippen molar-refractivity contribution in [3.8, 4) is 0 Å². The van der Waals surface area contributed by atoms with E-state index in [0.29, 0.717) is 10.1 Å². The quantitative estimate of drug-likeness (QED) is 0.361. The Morgan fingerprint density at radius 3 is 2.15 bits per heavy atom. The van der Waals surface area contributed by atoms with Gasteiger partial charge in [0.25, 0.3) is 0 Å². The lowest BCUT2D eigenvalue weighted by molar-refractivity contribution is -0.895. The standard InChI is InChI=1S/C10H20N2O/c1-7-9(12(4,5)6)11-10(13)8(2)3/h9H,2,7H2,1,3-6H3. The van der Waals surface area contributed by atoms with E-state index in [1.165, 1.54) is 0 Å². The molecular weight excluding hydrogens is 164 g/mol. The maximum absolute atomic E-state index is 11.3. The summed E-state index contributed by atoms with van der Waals surface area (Å²) < 4.78 is 0.676. The Balaban J connectivity index is 4.64. The molecule has 0 aromatic rings. The highest BCUT2D eigenvalue weighted by Crippen LogP contribution is 2.09. The smallest absolute Gasteiger partial charge is 0.180 e. The molecule has 0 aromatic heterocycles. The van der Waals surface area contributed by atoms with Gasteiger partial charge in [-0.1, -0.05) is 13.5 Å². The lowest BCUT2D eigenvalue weighted by Gasteiger charge is -2.32. The molecule has 0 spiro atoms. The lowest BCUT2D eigenvalue weighted by atomic mass is 10.3. The van der Waals surface area contributed by atoms with Gasteiger partial charge >= 0.3 is 0 Å². The molecule has 13 heavy (non-hydrogen) atoms. The number of aliphatic imine (C=N–C) groups is 1. The minimum Gasteiger partial charge on any atom is -0.859 e. The zero-order valence-corrected chi connectivity index (χ0v) is 9.29. The van der Waals surface area contributed by atoms with E-state index in [4.69, 9.17) is 0 Å². The zero-order valence-electron chi connectivity index (χ0n) is 9.29. The van der Waals surface area contributed by atoms with Crippen LogP contribution in [0.1, 0.15) is 20.3 Å². The van der Waals surface area contributed by atoms with Crippen LogP contribution < -0.4 is 5.11 Å². The van der Waals surface area contributed by atoms with Crippen molar-refractivity contribution in [2.24, 2.45) is 4.99 Å². The second-order valence-electron chi connectivity index (χ2n) is 4.22. The van der Waals surface area contributed by atoms with Crippen molar-refractivity contribution in [2.75, 3.05) is 21.1 Å². The van der Waals surface area contributed by atoms with Gasteiger partial charge in [-0.15, -0.1) is 0 Å². The maximum atomic E-state index is 11.3. The first kappa shape index (κ1) is 12.2. The summed E-state index contributed by atoms with van der Waals surface area (Å²) in [4.78, 5) is 4.10. The highest BCUT2D eigenvalue weighted by Gasteiger charge is 2.19. The molecule has 0 saturated carbocycles. The zero-order chi connectivity index (χ0) is 10.6. The molecule has 0 bridgehead atoms. The van der Waals surface area contributed by atoms with Crippen LogP contribution >= 0.6 is 0 Å². The molecule has 0 aliphatic heterocycles. The van der Waals surface area contributed by atoms with Gasteiger partial charge in [0, 0.05) is 6.42 Å². The molecule has 76 valence electrons. The second-order valence-corrected chi connectivity index (χ2v) is 4.22. The van der Waals surface area contributed by atoms with Crippen molar-refractivity contribution < 1.29 is 9.59 Å². The van der Waals surface area contributed by atoms with Crippen LogP contribution in [0, 0.1) is 0 Å². The molecular formula is C10H20N2O. The van der Waals surface area contributed by atoms with Crippen LogP contribution in [-0.2, 0) is 0 Å². The van der Waals surface area contributed by atoms with E-state index in [2.05, 4.69) is 11.6 Å². The number of rotatable bonds is 4. The Kier molecular flexibility index (Phi) is 4.14. The third-order valence-corrected chi connectivity index (χ3v) is 1.89. The van der Waals surface area contributed by atoms with Gasteiger partial charge in [0.05, 0.1) is 21.1 Å². The Labute approximate surface area is 81.0 Å². The molecule has 0 saturated heterocycles. The Morgan fingerprint density at radius 2 is 1.92 bits per heavy atom.